The van der Waals surface area contributed by atoms with Crippen LogP contribution >= 0.6 is 0 Å². The third kappa shape index (κ3) is 5.60. The van der Waals surface area contributed by atoms with Gasteiger partial charge in [0.1, 0.15) is 0 Å². The van der Waals surface area contributed by atoms with Crippen molar-refractivity contribution in [2.75, 3.05) is 19.8 Å². The third-order valence-corrected chi connectivity index (χ3v) is 2.78. The lowest BCUT2D eigenvalue weighted by molar-refractivity contribution is -0.00327. The van der Waals surface area contributed by atoms with Gasteiger partial charge in [0, 0.05) is 12.6 Å². The lowest BCUT2D eigenvalue weighted by Gasteiger charge is -2.18. The first kappa shape index (κ1) is 15.1. The number of nitrogens with one attached hydrogen (secondary N) is 1. The van der Waals surface area contributed by atoms with Crippen LogP contribution in [-0.2, 0) is 4.74 Å². The molecule has 3 atom stereocenters. The number of aliphatic hydroxyl groups excluding tert-OH is 2. The van der Waals surface area contributed by atoms with Crippen LogP contribution < -0.4 is 5.32 Å². The molecule has 18 heavy (non-hydrogen) atoms. The maximum atomic E-state index is 9.72. The molecule has 0 spiro atoms. The van der Waals surface area contributed by atoms with E-state index in [0.717, 1.165) is 5.56 Å². The van der Waals surface area contributed by atoms with E-state index >= 15 is 0 Å². The monoisotopic (exact) mass is 253 g/mol. The minimum Gasteiger partial charge on any atom is -0.395 e. The Labute approximate surface area is 109 Å². The van der Waals surface area contributed by atoms with E-state index in [-0.39, 0.29) is 25.4 Å². The summed E-state index contributed by atoms with van der Waals surface area (Å²) in [5, 5.41) is 21.6. The van der Waals surface area contributed by atoms with Gasteiger partial charge in [-0.2, -0.15) is 0 Å². The Kier molecular flexibility index (Phi) is 6.90. The zero-order valence-corrected chi connectivity index (χ0v) is 11.0. The van der Waals surface area contributed by atoms with E-state index in [4.69, 9.17) is 9.84 Å². The van der Waals surface area contributed by atoms with Gasteiger partial charge in [0.25, 0.3) is 0 Å². The molecule has 1 aromatic carbocycles. The predicted molar refractivity (Wildman–Crippen MR) is 71.4 cm³/mol. The summed E-state index contributed by atoms with van der Waals surface area (Å²) < 4.78 is 5.60. The van der Waals surface area contributed by atoms with Gasteiger partial charge in [-0.3, -0.25) is 0 Å². The van der Waals surface area contributed by atoms with Crippen molar-refractivity contribution < 1.29 is 14.9 Å². The fourth-order valence-electron chi connectivity index (χ4n) is 1.54. The van der Waals surface area contributed by atoms with E-state index in [1.54, 1.807) is 0 Å². The Morgan fingerprint density at radius 2 is 1.89 bits per heavy atom. The summed E-state index contributed by atoms with van der Waals surface area (Å²) in [6.07, 6.45) is -0.596. The van der Waals surface area contributed by atoms with Gasteiger partial charge in [0.05, 0.1) is 25.4 Å². The average molecular weight is 253 g/mol. The zero-order valence-electron chi connectivity index (χ0n) is 11.0. The van der Waals surface area contributed by atoms with Crippen molar-refractivity contribution in [3.8, 4) is 0 Å². The van der Waals surface area contributed by atoms with Gasteiger partial charge in [-0.25, -0.2) is 0 Å². The summed E-state index contributed by atoms with van der Waals surface area (Å²) in [7, 11) is 0. The summed E-state index contributed by atoms with van der Waals surface area (Å²) in [4.78, 5) is 0. The van der Waals surface area contributed by atoms with Gasteiger partial charge in [-0.1, -0.05) is 30.3 Å². The first-order valence-electron chi connectivity index (χ1n) is 6.32. The van der Waals surface area contributed by atoms with Crippen molar-refractivity contribution in [3.05, 3.63) is 35.9 Å². The van der Waals surface area contributed by atoms with Gasteiger partial charge in [0.15, 0.2) is 0 Å². The maximum Gasteiger partial charge on any atom is 0.0898 e. The molecule has 4 nitrogen and oxygen atoms in total. The molecule has 0 radical (unpaired) electrons. The Hall–Kier alpha value is -0.940. The molecule has 0 saturated heterocycles. The molecule has 0 amide bonds. The fourth-order valence-corrected chi connectivity index (χ4v) is 1.54. The highest BCUT2D eigenvalue weighted by atomic mass is 16.5. The topological polar surface area (TPSA) is 61.7 Å². The van der Waals surface area contributed by atoms with Crippen molar-refractivity contribution in [1.82, 2.24) is 5.32 Å². The van der Waals surface area contributed by atoms with Crippen molar-refractivity contribution >= 4 is 0 Å². The third-order valence-electron chi connectivity index (χ3n) is 2.78. The van der Waals surface area contributed by atoms with Gasteiger partial charge < -0.3 is 20.3 Å². The van der Waals surface area contributed by atoms with Crippen molar-refractivity contribution in [2.45, 2.75) is 32.1 Å². The number of aliphatic hydroxyl groups is 2. The largest absolute Gasteiger partial charge is 0.395 e. The number of ether oxygens (including phenoxy) is 1. The molecule has 0 saturated carbocycles. The maximum absolute atomic E-state index is 9.72. The van der Waals surface area contributed by atoms with Gasteiger partial charge in [-0.15, -0.1) is 0 Å². The minimum atomic E-state index is -0.565. The molecule has 3 unspecified atom stereocenters. The van der Waals surface area contributed by atoms with E-state index in [1.807, 2.05) is 44.2 Å². The number of rotatable bonds is 8. The first-order chi connectivity index (χ1) is 8.63. The quantitative estimate of drug-likeness (QED) is 0.649. The molecular formula is C14H23NO3. The molecule has 1 aromatic rings. The molecule has 0 aromatic heterocycles. The van der Waals surface area contributed by atoms with Crippen molar-refractivity contribution in [2.24, 2.45) is 0 Å². The number of hydrogen-bond donors (Lipinski definition) is 3. The molecule has 0 bridgehead atoms. The summed E-state index contributed by atoms with van der Waals surface area (Å²) in [6, 6.07) is 9.90. The van der Waals surface area contributed by atoms with Crippen LogP contribution in [0.15, 0.2) is 30.3 Å². The second-order valence-corrected chi connectivity index (χ2v) is 4.53. The SMILES string of the molecule is CC(CO)NCC(O)COC(C)c1ccccc1. The molecule has 0 aliphatic rings. The normalized spacial score (nSPS) is 16.2. The average Bonchev–Trinajstić information content (AvgIpc) is 2.42. The number of benzene rings is 1. The Bertz CT molecular complexity index is 318. The van der Waals surface area contributed by atoms with E-state index in [0.29, 0.717) is 6.54 Å². The van der Waals surface area contributed by atoms with Gasteiger partial charge in [0.2, 0.25) is 0 Å². The molecule has 102 valence electrons. The highest BCUT2D eigenvalue weighted by Crippen LogP contribution is 2.15. The smallest absolute Gasteiger partial charge is 0.0898 e. The van der Waals surface area contributed by atoms with Crippen LogP contribution in [0, 0.1) is 0 Å². The highest BCUT2D eigenvalue weighted by Gasteiger charge is 2.10. The van der Waals surface area contributed by atoms with Crippen LogP contribution in [0.3, 0.4) is 0 Å². The van der Waals surface area contributed by atoms with Crippen molar-refractivity contribution in [3.63, 3.8) is 0 Å². The zero-order chi connectivity index (χ0) is 13.4. The highest BCUT2D eigenvalue weighted by molar-refractivity contribution is 5.16. The second kappa shape index (κ2) is 8.21. The molecule has 4 heteroatoms. The van der Waals surface area contributed by atoms with Crippen LogP contribution in [-0.4, -0.2) is 42.1 Å². The Morgan fingerprint density at radius 3 is 2.50 bits per heavy atom. The number of hydrogen-bond acceptors (Lipinski definition) is 4. The van der Waals surface area contributed by atoms with Gasteiger partial charge in [-0.05, 0) is 19.4 Å². The Morgan fingerprint density at radius 1 is 1.22 bits per heavy atom. The molecule has 0 aliphatic heterocycles. The van der Waals surface area contributed by atoms with Crippen LogP contribution in [0.5, 0.6) is 0 Å². The standard InChI is InChI=1S/C14H23NO3/c1-11(9-16)15-8-14(17)10-18-12(2)13-6-4-3-5-7-13/h3-7,11-12,14-17H,8-10H2,1-2H3. The predicted octanol–water partition coefficient (Wildman–Crippen LogP) is 1.10. The lowest BCUT2D eigenvalue weighted by atomic mass is 10.1. The van der Waals surface area contributed by atoms with E-state index in [1.165, 1.54) is 0 Å². The van der Waals surface area contributed by atoms with Crippen LogP contribution in [0.4, 0.5) is 0 Å². The summed E-state index contributed by atoms with van der Waals surface area (Å²) >= 11 is 0. The molecule has 3 N–H and O–H groups in total. The fraction of sp³-hybridized carbons (Fsp3) is 0.571. The molecular weight excluding hydrogens is 230 g/mol. The lowest BCUT2D eigenvalue weighted by Crippen LogP contribution is -2.37. The van der Waals surface area contributed by atoms with Crippen LogP contribution in [0.1, 0.15) is 25.5 Å². The minimum absolute atomic E-state index is 0.00815. The molecule has 0 heterocycles. The second-order valence-electron chi connectivity index (χ2n) is 4.53. The molecule has 1 rings (SSSR count). The van der Waals surface area contributed by atoms with Gasteiger partial charge >= 0.3 is 0 Å². The summed E-state index contributed by atoms with van der Waals surface area (Å²) in [5.41, 5.74) is 1.10. The van der Waals surface area contributed by atoms with Crippen molar-refractivity contribution in [1.29, 1.82) is 0 Å². The summed E-state index contributed by atoms with van der Waals surface area (Å²) in [6.45, 7) is 4.59. The van der Waals surface area contributed by atoms with E-state index < -0.39 is 6.10 Å². The first-order valence-corrected chi connectivity index (χ1v) is 6.32. The Balaban J connectivity index is 2.24. The van der Waals surface area contributed by atoms with E-state index in [2.05, 4.69) is 5.32 Å². The van der Waals surface area contributed by atoms with Crippen LogP contribution in [0.25, 0.3) is 0 Å². The molecule has 0 aliphatic carbocycles. The van der Waals surface area contributed by atoms with E-state index in [9.17, 15) is 5.11 Å². The molecule has 0 fully saturated rings. The van der Waals surface area contributed by atoms with Crippen LogP contribution in [0.2, 0.25) is 0 Å². The summed E-state index contributed by atoms with van der Waals surface area (Å²) in [5.74, 6) is 0.